The van der Waals surface area contributed by atoms with Gasteiger partial charge in [0.15, 0.2) is 0 Å². The van der Waals surface area contributed by atoms with E-state index in [1.807, 2.05) is 0 Å². The lowest BCUT2D eigenvalue weighted by Gasteiger charge is -1.89. The van der Waals surface area contributed by atoms with Gasteiger partial charge < -0.3 is 0 Å². The molecule has 2 aromatic rings. The molecule has 2 heterocycles. The molecule has 5 heteroatoms. The fourth-order valence-electron chi connectivity index (χ4n) is 1.04. The van der Waals surface area contributed by atoms with Crippen molar-refractivity contribution in [1.29, 1.82) is 0 Å². The molecule has 0 fully saturated rings. The van der Waals surface area contributed by atoms with Crippen LogP contribution in [0.4, 0.5) is 0 Å². The van der Waals surface area contributed by atoms with Crippen molar-refractivity contribution >= 4 is 10.9 Å². The summed E-state index contributed by atoms with van der Waals surface area (Å²) in [7, 11) is 1.72. The van der Waals surface area contributed by atoms with E-state index >= 15 is 0 Å². The van der Waals surface area contributed by atoms with Crippen LogP contribution in [0.1, 0.15) is 0 Å². The molecule has 56 valence electrons. The zero-order valence-corrected chi connectivity index (χ0v) is 5.90. The number of fused-ring (bicyclic) bond motifs is 1. The summed E-state index contributed by atoms with van der Waals surface area (Å²) in [6.45, 7) is 0. The third-order valence-corrected chi connectivity index (χ3v) is 1.55. The van der Waals surface area contributed by atoms with E-state index in [-0.39, 0.29) is 5.56 Å². The maximum absolute atomic E-state index is 11.1. The van der Waals surface area contributed by atoms with Gasteiger partial charge in [0.2, 0.25) is 0 Å². The van der Waals surface area contributed by atoms with Crippen LogP contribution in [0, 0.1) is 0 Å². The summed E-state index contributed by atoms with van der Waals surface area (Å²) in [4.78, 5) is 11.1. The molecule has 0 saturated heterocycles. The van der Waals surface area contributed by atoms with Crippen molar-refractivity contribution < 1.29 is 0 Å². The van der Waals surface area contributed by atoms with Gasteiger partial charge >= 0.3 is 0 Å². The van der Waals surface area contributed by atoms with E-state index in [1.165, 1.54) is 4.68 Å². The zero-order valence-electron chi connectivity index (χ0n) is 5.90. The minimum absolute atomic E-state index is 0.206. The van der Waals surface area contributed by atoms with E-state index in [1.54, 1.807) is 19.4 Å². The molecule has 0 aliphatic rings. The number of aromatic nitrogens is 4. The number of nitrogens with zero attached hydrogens (tertiary/aromatic N) is 3. The second-order valence-electron chi connectivity index (χ2n) is 2.27. The summed E-state index contributed by atoms with van der Waals surface area (Å²) in [5.74, 6) is 0. The van der Waals surface area contributed by atoms with Crippen molar-refractivity contribution in [2.45, 2.75) is 0 Å². The van der Waals surface area contributed by atoms with Crippen molar-refractivity contribution in [3.63, 3.8) is 0 Å². The fraction of sp³-hybridized carbons (Fsp3) is 0.167. The standard InChI is InChI=1S/C6H6N4O/c1-10-5-4(3-8-10)2-7-9-6(5)11/h2-3H,1H3,(H,9,11). The molecular weight excluding hydrogens is 144 g/mol. The van der Waals surface area contributed by atoms with Crippen molar-refractivity contribution in [2.75, 3.05) is 0 Å². The number of aryl methyl sites for hydroxylation is 1. The fourth-order valence-corrected chi connectivity index (χ4v) is 1.04. The van der Waals surface area contributed by atoms with Gasteiger partial charge in [-0.05, 0) is 0 Å². The highest BCUT2D eigenvalue weighted by atomic mass is 16.1. The first-order chi connectivity index (χ1) is 5.29. The number of hydrogen-bond acceptors (Lipinski definition) is 3. The highest BCUT2D eigenvalue weighted by molar-refractivity contribution is 5.75. The summed E-state index contributed by atoms with van der Waals surface area (Å²) in [6.07, 6.45) is 3.18. The summed E-state index contributed by atoms with van der Waals surface area (Å²) in [5, 5.41) is 10.6. The van der Waals surface area contributed by atoms with Gasteiger partial charge in [0.1, 0.15) is 5.52 Å². The van der Waals surface area contributed by atoms with Crippen molar-refractivity contribution in [2.24, 2.45) is 7.05 Å². The van der Waals surface area contributed by atoms with Gasteiger partial charge in [-0.3, -0.25) is 9.48 Å². The van der Waals surface area contributed by atoms with Crippen molar-refractivity contribution in [3.05, 3.63) is 22.7 Å². The van der Waals surface area contributed by atoms with Crippen LogP contribution in [0.2, 0.25) is 0 Å². The first-order valence-electron chi connectivity index (χ1n) is 3.14. The van der Waals surface area contributed by atoms with Crippen LogP contribution in [0.3, 0.4) is 0 Å². The van der Waals surface area contributed by atoms with Crippen LogP contribution >= 0.6 is 0 Å². The minimum atomic E-state index is -0.206. The molecule has 2 rings (SSSR count). The number of hydrogen-bond donors (Lipinski definition) is 1. The topological polar surface area (TPSA) is 63.6 Å². The quantitative estimate of drug-likeness (QED) is 0.558. The van der Waals surface area contributed by atoms with Crippen LogP contribution in [-0.4, -0.2) is 20.0 Å². The van der Waals surface area contributed by atoms with Gasteiger partial charge in [-0.1, -0.05) is 0 Å². The average Bonchev–Trinajstić information content (AvgIpc) is 2.34. The van der Waals surface area contributed by atoms with E-state index in [9.17, 15) is 4.79 Å². The highest BCUT2D eigenvalue weighted by Gasteiger charge is 2.01. The zero-order chi connectivity index (χ0) is 7.84. The summed E-state index contributed by atoms with van der Waals surface area (Å²) in [6, 6.07) is 0. The predicted molar refractivity (Wildman–Crippen MR) is 39.1 cm³/mol. The Bertz CT molecular complexity index is 441. The normalized spacial score (nSPS) is 10.6. The number of aromatic amines is 1. The Hall–Kier alpha value is -1.65. The molecule has 0 spiro atoms. The first-order valence-corrected chi connectivity index (χ1v) is 3.14. The molecule has 0 aromatic carbocycles. The molecule has 0 bridgehead atoms. The van der Waals surface area contributed by atoms with Crippen molar-refractivity contribution in [1.82, 2.24) is 20.0 Å². The van der Waals surface area contributed by atoms with Crippen LogP contribution in [0.15, 0.2) is 17.2 Å². The first kappa shape index (κ1) is 6.09. The van der Waals surface area contributed by atoms with E-state index in [2.05, 4.69) is 15.3 Å². The Labute approximate surface area is 61.7 Å². The Morgan fingerprint density at radius 2 is 2.36 bits per heavy atom. The van der Waals surface area contributed by atoms with Gasteiger partial charge in [0, 0.05) is 12.4 Å². The largest absolute Gasteiger partial charge is 0.290 e. The lowest BCUT2D eigenvalue weighted by atomic mass is 10.4. The van der Waals surface area contributed by atoms with Gasteiger partial charge in [-0.2, -0.15) is 10.2 Å². The highest BCUT2D eigenvalue weighted by Crippen LogP contribution is 2.02. The second-order valence-corrected chi connectivity index (χ2v) is 2.27. The molecule has 0 aliphatic carbocycles. The number of rotatable bonds is 0. The molecule has 0 aliphatic heterocycles. The van der Waals surface area contributed by atoms with Crippen LogP contribution in [0.25, 0.3) is 10.9 Å². The monoisotopic (exact) mass is 150 g/mol. The smallest absolute Gasteiger partial charge is 0.266 e. The molecule has 5 nitrogen and oxygen atoms in total. The lowest BCUT2D eigenvalue weighted by Crippen LogP contribution is -2.10. The van der Waals surface area contributed by atoms with Gasteiger partial charge in [0.05, 0.1) is 12.4 Å². The Morgan fingerprint density at radius 1 is 1.55 bits per heavy atom. The predicted octanol–water partition coefficient (Wildman–Crippen LogP) is -0.343. The van der Waals surface area contributed by atoms with Gasteiger partial charge in [-0.25, -0.2) is 5.10 Å². The molecule has 11 heavy (non-hydrogen) atoms. The third kappa shape index (κ3) is 0.739. The Kier molecular flexibility index (Phi) is 1.06. The third-order valence-electron chi connectivity index (χ3n) is 1.55. The molecule has 0 atom stereocenters. The molecular formula is C6H6N4O. The molecule has 0 saturated carbocycles. The van der Waals surface area contributed by atoms with E-state index in [0.29, 0.717) is 5.52 Å². The van der Waals surface area contributed by atoms with E-state index in [4.69, 9.17) is 0 Å². The van der Waals surface area contributed by atoms with E-state index in [0.717, 1.165) is 5.39 Å². The minimum Gasteiger partial charge on any atom is -0.266 e. The van der Waals surface area contributed by atoms with Crippen LogP contribution in [0.5, 0.6) is 0 Å². The maximum Gasteiger partial charge on any atom is 0.290 e. The molecule has 0 amide bonds. The average molecular weight is 150 g/mol. The number of H-pyrrole nitrogens is 1. The molecule has 2 aromatic heterocycles. The maximum atomic E-state index is 11.1. The van der Waals surface area contributed by atoms with Crippen LogP contribution < -0.4 is 5.56 Å². The number of nitrogens with one attached hydrogen (secondary N) is 1. The summed E-state index contributed by atoms with van der Waals surface area (Å²) >= 11 is 0. The summed E-state index contributed by atoms with van der Waals surface area (Å²) in [5.41, 5.74) is 0.350. The van der Waals surface area contributed by atoms with Gasteiger partial charge in [0.25, 0.3) is 5.56 Å². The summed E-state index contributed by atoms with van der Waals surface area (Å²) < 4.78 is 1.52. The van der Waals surface area contributed by atoms with E-state index < -0.39 is 0 Å². The molecule has 0 radical (unpaired) electrons. The van der Waals surface area contributed by atoms with Crippen LogP contribution in [-0.2, 0) is 7.05 Å². The second kappa shape index (κ2) is 1.91. The Balaban J connectivity index is 3.08. The van der Waals surface area contributed by atoms with Crippen molar-refractivity contribution in [3.8, 4) is 0 Å². The lowest BCUT2D eigenvalue weighted by molar-refractivity contribution is 0.789. The Morgan fingerprint density at radius 3 is 3.09 bits per heavy atom. The SMILES string of the molecule is Cn1ncc2cn[nH]c(=O)c21. The molecule has 0 unspecified atom stereocenters. The molecule has 1 N–H and O–H groups in total. The van der Waals surface area contributed by atoms with Gasteiger partial charge in [-0.15, -0.1) is 0 Å².